The number of hydrogen-bond acceptors (Lipinski definition) is 3. The first kappa shape index (κ1) is 11.0. The molecule has 3 nitrogen and oxygen atoms in total. The van der Waals surface area contributed by atoms with E-state index in [2.05, 4.69) is 6.58 Å². The number of ether oxygens (including phenoxy) is 3. The highest BCUT2D eigenvalue weighted by Crippen LogP contribution is 2.29. The fourth-order valence-electron chi connectivity index (χ4n) is 1.47. The Morgan fingerprint density at radius 2 is 2.31 bits per heavy atom. The average molecular weight is 220 g/mol. The minimum absolute atomic E-state index is 0.262. The molecule has 1 aromatic rings. The molecule has 1 heterocycles. The zero-order valence-electron chi connectivity index (χ0n) is 9.44. The number of hydrogen-bond donors (Lipinski definition) is 0. The Bertz CT molecular complexity index is 369. The van der Waals surface area contributed by atoms with Gasteiger partial charge in [0.1, 0.15) is 12.7 Å². The van der Waals surface area contributed by atoms with Gasteiger partial charge in [0.25, 0.3) is 0 Å². The van der Waals surface area contributed by atoms with Crippen LogP contribution < -0.4 is 9.47 Å². The quantitative estimate of drug-likeness (QED) is 0.544. The first-order chi connectivity index (χ1) is 7.83. The minimum Gasteiger partial charge on any atom is -0.493 e. The predicted molar refractivity (Wildman–Crippen MR) is 62.1 cm³/mol. The Balaban J connectivity index is 2.06. The Hall–Kier alpha value is -1.48. The van der Waals surface area contributed by atoms with Crippen molar-refractivity contribution in [2.24, 2.45) is 0 Å². The Labute approximate surface area is 95.6 Å². The second kappa shape index (κ2) is 5.03. The molecule has 1 atom stereocenters. The smallest absolute Gasteiger partial charge is 0.161 e. The summed E-state index contributed by atoms with van der Waals surface area (Å²) >= 11 is 0. The van der Waals surface area contributed by atoms with Crippen LogP contribution in [0.15, 0.2) is 30.9 Å². The van der Waals surface area contributed by atoms with E-state index in [1.807, 2.05) is 24.3 Å². The van der Waals surface area contributed by atoms with E-state index in [0.717, 1.165) is 24.5 Å². The topological polar surface area (TPSA) is 31.0 Å². The number of epoxide rings is 1. The molecule has 0 aliphatic carbocycles. The van der Waals surface area contributed by atoms with Crippen LogP contribution in [0.25, 0.3) is 0 Å². The predicted octanol–water partition coefficient (Wildman–Crippen LogP) is 2.20. The molecule has 0 radical (unpaired) electrons. The van der Waals surface area contributed by atoms with Crippen molar-refractivity contribution in [3.8, 4) is 11.5 Å². The average Bonchev–Trinajstić information content (AvgIpc) is 3.11. The molecule has 0 amide bonds. The summed E-state index contributed by atoms with van der Waals surface area (Å²) in [6.07, 6.45) is 2.97. The summed E-state index contributed by atoms with van der Waals surface area (Å²) in [6.45, 7) is 5.11. The summed E-state index contributed by atoms with van der Waals surface area (Å²) in [4.78, 5) is 0. The molecule has 1 aliphatic heterocycles. The molecule has 16 heavy (non-hydrogen) atoms. The van der Waals surface area contributed by atoms with Crippen molar-refractivity contribution >= 4 is 0 Å². The molecule has 1 aromatic carbocycles. The van der Waals surface area contributed by atoms with Crippen molar-refractivity contribution in [2.75, 3.05) is 20.3 Å². The van der Waals surface area contributed by atoms with Crippen LogP contribution in [0.3, 0.4) is 0 Å². The molecule has 1 saturated heterocycles. The standard InChI is InChI=1S/C13H16O3/c1-3-4-10-5-6-12(13(7-10)14-2)16-9-11-8-15-11/h3,5-7,11H,1,4,8-9H2,2H3/t11-/m0/s1. The third-order valence-corrected chi connectivity index (χ3v) is 2.44. The molecule has 0 bridgehead atoms. The van der Waals surface area contributed by atoms with Crippen LogP contribution >= 0.6 is 0 Å². The fourth-order valence-corrected chi connectivity index (χ4v) is 1.47. The zero-order valence-corrected chi connectivity index (χ0v) is 9.44. The molecular weight excluding hydrogens is 204 g/mol. The maximum absolute atomic E-state index is 5.61. The van der Waals surface area contributed by atoms with E-state index >= 15 is 0 Å². The van der Waals surface area contributed by atoms with Crippen LogP contribution in [-0.4, -0.2) is 26.4 Å². The van der Waals surface area contributed by atoms with Crippen LogP contribution in [0.2, 0.25) is 0 Å². The molecule has 0 aromatic heterocycles. The van der Waals surface area contributed by atoms with Gasteiger partial charge >= 0.3 is 0 Å². The molecule has 0 saturated carbocycles. The Morgan fingerprint density at radius 3 is 2.94 bits per heavy atom. The van der Waals surface area contributed by atoms with Gasteiger partial charge < -0.3 is 14.2 Å². The second-order valence-corrected chi connectivity index (χ2v) is 3.74. The van der Waals surface area contributed by atoms with Gasteiger partial charge in [-0.3, -0.25) is 0 Å². The largest absolute Gasteiger partial charge is 0.493 e. The molecule has 0 N–H and O–H groups in total. The van der Waals surface area contributed by atoms with Gasteiger partial charge in [0.2, 0.25) is 0 Å². The van der Waals surface area contributed by atoms with Crippen molar-refractivity contribution in [3.63, 3.8) is 0 Å². The maximum Gasteiger partial charge on any atom is 0.161 e. The van der Waals surface area contributed by atoms with Crippen LogP contribution in [-0.2, 0) is 11.2 Å². The first-order valence-electron chi connectivity index (χ1n) is 5.35. The summed E-state index contributed by atoms with van der Waals surface area (Å²) in [5, 5.41) is 0. The summed E-state index contributed by atoms with van der Waals surface area (Å²) in [5.41, 5.74) is 1.17. The lowest BCUT2D eigenvalue weighted by molar-refractivity contribution is 0.252. The van der Waals surface area contributed by atoms with E-state index in [1.165, 1.54) is 5.56 Å². The third kappa shape index (κ3) is 2.76. The number of rotatable bonds is 6. The van der Waals surface area contributed by atoms with Gasteiger partial charge in [-0.2, -0.15) is 0 Å². The molecule has 2 rings (SSSR count). The van der Waals surface area contributed by atoms with Crippen molar-refractivity contribution < 1.29 is 14.2 Å². The third-order valence-electron chi connectivity index (χ3n) is 2.44. The van der Waals surface area contributed by atoms with Gasteiger partial charge in [-0.15, -0.1) is 6.58 Å². The highest BCUT2D eigenvalue weighted by molar-refractivity contribution is 5.43. The molecule has 3 heteroatoms. The van der Waals surface area contributed by atoms with Gasteiger partial charge in [0.05, 0.1) is 13.7 Å². The van der Waals surface area contributed by atoms with Crippen molar-refractivity contribution in [1.29, 1.82) is 0 Å². The van der Waals surface area contributed by atoms with Gasteiger partial charge in [-0.1, -0.05) is 12.1 Å². The lowest BCUT2D eigenvalue weighted by Crippen LogP contribution is -2.05. The van der Waals surface area contributed by atoms with Crippen LogP contribution in [0.4, 0.5) is 0 Å². The lowest BCUT2D eigenvalue weighted by atomic mass is 10.1. The summed E-state index contributed by atoms with van der Waals surface area (Å²) in [5.74, 6) is 1.53. The van der Waals surface area contributed by atoms with Crippen molar-refractivity contribution in [3.05, 3.63) is 36.4 Å². The van der Waals surface area contributed by atoms with E-state index in [0.29, 0.717) is 6.61 Å². The van der Waals surface area contributed by atoms with E-state index in [-0.39, 0.29) is 6.10 Å². The number of benzene rings is 1. The SMILES string of the molecule is C=CCc1ccc(OC[C@@H]2CO2)c(OC)c1. The van der Waals surface area contributed by atoms with Crippen molar-refractivity contribution in [2.45, 2.75) is 12.5 Å². The number of allylic oxidation sites excluding steroid dienone is 1. The van der Waals surface area contributed by atoms with E-state index in [4.69, 9.17) is 14.2 Å². The molecule has 1 fully saturated rings. The second-order valence-electron chi connectivity index (χ2n) is 3.74. The monoisotopic (exact) mass is 220 g/mol. The van der Waals surface area contributed by atoms with E-state index in [9.17, 15) is 0 Å². The summed E-state index contributed by atoms with van der Waals surface area (Å²) in [6, 6.07) is 5.93. The molecule has 0 spiro atoms. The molecule has 0 unspecified atom stereocenters. The van der Waals surface area contributed by atoms with Gasteiger partial charge in [-0.25, -0.2) is 0 Å². The minimum atomic E-state index is 0.262. The van der Waals surface area contributed by atoms with Crippen LogP contribution in [0.5, 0.6) is 11.5 Å². The van der Waals surface area contributed by atoms with E-state index < -0.39 is 0 Å². The summed E-state index contributed by atoms with van der Waals surface area (Å²) in [7, 11) is 1.65. The normalized spacial score (nSPS) is 17.9. The Morgan fingerprint density at radius 1 is 1.50 bits per heavy atom. The molecular formula is C13H16O3. The first-order valence-corrected chi connectivity index (χ1v) is 5.35. The Kier molecular flexibility index (Phi) is 3.47. The summed E-state index contributed by atoms with van der Waals surface area (Å²) < 4.78 is 16.0. The highest BCUT2D eigenvalue weighted by Gasteiger charge is 2.23. The fraction of sp³-hybridized carbons (Fsp3) is 0.385. The van der Waals surface area contributed by atoms with Gasteiger partial charge in [0, 0.05) is 0 Å². The van der Waals surface area contributed by atoms with Crippen LogP contribution in [0.1, 0.15) is 5.56 Å². The van der Waals surface area contributed by atoms with Crippen molar-refractivity contribution in [1.82, 2.24) is 0 Å². The molecule has 86 valence electrons. The van der Waals surface area contributed by atoms with Gasteiger partial charge in [0.15, 0.2) is 11.5 Å². The van der Waals surface area contributed by atoms with Crippen LogP contribution in [0, 0.1) is 0 Å². The highest BCUT2D eigenvalue weighted by atomic mass is 16.6. The van der Waals surface area contributed by atoms with E-state index in [1.54, 1.807) is 7.11 Å². The lowest BCUT2D eigenvalue weighted by Gasteiger charge is -2.10. The van der Waals surface area contributed by atoms with Gasteiger partial charge in [-0.05, 0) is 24.1 Å². The maximum atomic E-state index is 5.61. The number of methoxy groups -OCH3 is 1. The molecule has 1 aliphatic rings. The zero-order chi connectivity index (χ0) is 11.4.